The van der Waals surface area contributed by atoms with E-state index < -0.39 is 0 Å². The highest BCUT2D eigenvalue weighted by Gasteiger charge is 2.13. The molecule has 0 aliphatic heterocycles. The van der Waals surface area contributed by atoms with Crippen molar-refractivity contribution in [1.82, 2.24) is 0 Å². The maximum atomic E-state index is 5.71. The third-order valence-electron chi connectivity index (χ3n) is 3.34. The lowest BCUT2D eigenvalue weighted by Gasteiger charge is -2.16. The number of ether oxygens (including phenoxy) is 5. The summed E-state index contributed by atoms with van der Waals surface area (Å²) in [6, 6.07) is 9.48. The molecule has 0 heterocycles. The molecule has 0 aliphatic carbocycles. The fourth-order valence-electron chi connectivity index (χ4n) is 2.22. The first kappa shape index (κ1) is 20.5. The van der Waals surface area contributed by atoms with Gasteiger partial charge in [0.05, 0.1) is 21.3 Å². The van der Waals surface area contributed by atoms with E-state index in [0.717, 1.165) is 11.1 Å². The maximum Gasteiger partial charge on any atom is 0.231 e. The molecule has 0 aromatic heterocycles. The summed E-state index contributed by atoms with van der Waals surface area (Å²) in [7, 11) is 4.77. The van der Waals surface area contributed by atoms with Crippen LogP contribution >= 0.6 is 0 Å². The molecule has 2 aromatic rings. The molecule has 5 nitrogen and oxygen atoms in total. The fourth-order valence-corrected chi connectivity index (χ4v) is 2.22. The first-order valence-electron chi connectivity index (χ1n) is 8.22. The zero-order valence-electron chi connectivity index (χ0n) is 16.1. The zero-order chi connectivity index (χ0) is 18.8. The van der Waals surface area contributed by atoms with Crippen molar-refractivity contribution in [3.05, 3.63) is 41.5 Å². The van der Waals surface area contributed by atoms with E-state index in [1.807, 2.05) is 58.0 Å². The highest BCUT2D eigenvalue weighted by molar-refractivity contribution is 5.53. The Morgan fingerprint density at radius 1 is 0.640 bits per heavy atom. The largest absolute Gasteiger partial charge is 0.493 e. The maximum absolute atomic E-state index is 5.71. The first-order chi connectivity index (χ1) is 12.1. The van der Waals surface area contributed by atoms with Gasteiger partial charge in [0.1, 0.15) is 0 Å². The van der Waals surface area contributed by atoms with Crippen LogP contribution in [0.2, 0.25) is 0 Å². The van der Waals surface area contributed by atoms with Crippen molar-refractivity contribution in [3.63, 3.8) is 0 Å². The van der Waals surface area contributed by atoms with Crippen molar-refractivity contribution in [3.8, 4) is 28.7 Å². The third-order valence-corrected chi connectivity index (χ3v) is 3.34. The molecule has 0 atom stereocenters. The predicted molar refractivity (Wildman–Crippen MR) is 99.5 cm³/mol. The van der Waals surface area contributed by atoms with E-state index in [1.165, 1.54) is 0 Å². The van der Waals surface area contributed by atoms with Crippen LogP contribution in [0.25, 0.3) is 0 Å². The minimum atomic E-state index is 0.0305. The summed E-state index contributed by atoms with van der Waals surface area (Å²) in [4.78, 5) is 0. The van der Waals surface area contributed by atoms with Gasteiger partial charge >= 0.3 is 0 Å². The molecule has 0 aliphatic rings. The molecule has 0 saturated carbocycles. The van der Waals surface area contributed by atoms with Crippen molar-refractivity contribution < 1.29 is 23.7 Å². The van der Waals surface area contributed by atoms with Crippen molar-refractivity contribution in [2.45, 2.75) is 27.7 Å². The summed E-state index contributed by atoms with van der Waals surface area (Å²) in [5.74, 6) is 3.02. The van der Waals surface area contributed by atoms with Gasteiger partial charge in [-0.2, -0.15) is 0 Å². The first-order valence-corrected chi connectivity index (χ1v) is 8.22. The second-order valence-corrected chi connectivity index (χ2v) is 5.06. The molecule has 0 fully saturated rings. The Bertz CT molecular complexity index is 667. The molecule has 0 unspecified atom stereocenters. The van der Waals surface area contributed by atoms with E-state index in [2.05, 4.69) is 0 Å². The summed E-state index contributed by atoms with van der Waals surface area (Å²) >= 11 is 0. The summed E-state index contributed by atoms with van der Waals surface area (Å²) in [6.07, 6.45) is 0. The van der Waals surface area contributed by atoms with Gasteiger partial charge in [0.25, 0.3) is 0 Å². The lowest BCUT2D eigenvalue weighted by Crippen LogP contribution is -2.08. The van der Waals surface area contributed by atoms with Crippen molar-refractivity contribution in [1.29, 1.82) is 0 Å². The molecule has 2 aromatic carbocycles. The molecule has 0 spiro atoms. The number of hydrogen-bond donors (Lipinski definition) is 0. The van der Waals surface area contributed by atoms with Gasteiger partial charge in [0.2, 0.25) is 12.5 Å². The number of hydrogen-bond acceptors (Lipinski definition) is 5. The Kier molecular flexibility index (Phi) is 8.47. The van der Waals surface area contributed by atoms with Crippen LogP contribution in [-0.2, 0) is 0 Å². The van der Waals surface area contributed by atoms with Gasteiger partial charge < -0.3 is 23.7 Å². The highest BCUT2D eigenvalue weighted by atomic mass is 16.7. The molecule has 5 heteroatoms. The average molecular weight is 348 g/mol. The molecule has 2 rings (SSSR count). The molecule has 0 radical (unpaired) electrons. The predicted octanol–water partition coefficient (Wildman–Crippen LogP) is 4.77. The van der Waals surface area contributed by atoms with Gasteiger partial charge in [-0.1, -0.05) is 19.9 Å². The molecule has 0 N–H and O–H groups in total. The molecule has 0 bridgehead atoms. The number of rotatable bonds is 7. The van der Waals surface area contributed by atoms with Crippen LogP contribution in [0.15, 0.2) is 30.3 Å². The normalized spacial score (nSPS) is 9.56. The van der Waals surface area contributed by atoms with Gasteiger partial charge in [-0.25, -0.2) is 0 Å². The average Bonchev–Trinajstić information content (AvgIpc) is 2.63. The Morgan fingerprint density at radius 2 is 1.20 bits per heavy atom. The van der Waals surface area contributed by atoms with Crippen LogP contribution < -0.4 is 23.7 Å². The third kappa shape index (κ3) is 5.48. The van der Waals surface area contributed by atoms with Gasteiger partial charge in [0, 0.05) is 0 Å². The lowest BCUT2D eigenvalue weighted by atomic mass is 10.2. The summed E-state index contributed by atoms with van der Waals surface area (Å²) in [5, 5.41) is 0. The number of aryl methyl sites for hydroxylation is 2. The second kappa shape index (κ2) is 10.3. The zero-order valence-corrected chi connectivity index (χ0v) is 16.1. The molecule has 138 valence electrons. The number of benzene rings is 2. The summed E-state index contributed by atoms with van der Waals surface area (Å²) in [6.45, 7) is 7.98. The van der Waals surface area contributed by atoms with Crippen LogP contribution in [0.1, 0.15) is 25.0 Å². The fraction of sp³-hybridized carbons (Fsp3) is 0.400. The van der Waals surface area contributed by atoms with Gasteiger partial charge in [-0.05, 0) is 49.2 Å². The Labute approximate surface area is 150 Å². The quantitative estimate of drug-likeness (QED) is 0.675. The Morgan fingerprint density at radius 3 is 1.80 bits per heavy atom. The monoisotopic (exact) mass is 348 g/mol. The summed E-state index contributed by atoms with van der Waals surface area (Å²) < 4.78 is 27.3. The topological polar surface area (TPSA) is 46.2 Å². The minimum absolute atomic E-state index is 0.0305. The number of methoxy groups -OCH3 is 3. The molecule has 0 amide bonds. The van der Waals surface area contributed by atoms with E-state index >= 15 is 0 Å². The van der Waals surface area contributed by atoms with Crippen molar-refractivity contribution in [2.75, 3.05) is 28.1 Å². The van der Waals surface area contributed by atoms with E-state index in [0.29, 0.717) is 28.7 Å². The molecular weight excluding hydrogens is 320 g/mol. The van der Waals surface area contributed by atoms with E-state index in [-0.39, 0.29) is 6.79 Å². The smallest absolute Gasteiger partial charge is 0.231 e. The van der Waals surface area contributed by atoms with Crippen LogP contribution in [-0.4, -0.2) is 28.1 Å². The molecule has 0 saturated heterocycles. The Balaban J connectivity index is 0.00000151. The molecular formula is C20H28O5. The van der Waals surface area contributed by atoms with E-state index in [9.17, 15) is 0 Å². The molecule has 25 heavy (non-hydrogen) atoms. The van der Waals surface area contributed by atoms with E-state index in [4.69, 9.17) is 23.7 Å². The Hall–Kier alpha value is -2.56. The van der Waals surface area contributed by atoms with Gasteiger partial charge in [0.15, 0.2) is 23.0 Å². The summed E-state index contributed by atoms with van der Waals surface area (Å²) in [5.41, 5.74) is 2.08. The van der Waals surface area contributed by atoms with Crippen molar-refractivity contribution >= 4 is 0 Å². The van der Waals surface area contributed by atoms with Crippen molar-refractivity contribution in [2.24, 2.45) is 0 Å². The highest BCUT2D eigenvalue weighted by Crippen LogP contribution is 2.38. The SMILES string of the molecule is CC.COc1ccc(C)cc1OCOc1cc(C)cc(OC)c1OC. The van der Waals surface area contributed by atoms with Gasteiger partial charge in [-0.15, -0.1) is 0 Å². The lowest BCUT2D eigenvalue weighted by molar-refractivity contribution is 0.112. The second-order valence-electron chi connectivity index (χ2n) is 5.06. The van der Waals surface area contributed by atoms with Crippen LogP contribution in [0.3, 0.4) is 0 Å². The van der Waals surface area contributed by atoms with Crippen LogP contribution in [0.5, 0.6) is 28.7 Å². The van der Waals surface area contributed by atoms with E-state index in [1.54, 1.807) is 21.3 Å². The van der Waals surface area contributed by atoms with Crippen LogP contribution in [0, 0.1) is 13.8 Å². The minimum Gasteiger partial charge on any atom is -0.493 e. The standard InChI is InChI=1S/C18H22O5.C2H6/c1-12-6-7-14(19-3)15(8-12)22-11-23-17-10-13(2)9-16(20-4)18(17)21-5;1-2/h6-10H,11H2,1-5H3;1-2H3. The van der Waals surface area contributed by atoms with Gasteiger partial charge in [-0.3, -0.25) is 0 Å². The van der Waals surface area contributed by atoms with Crippen LogP contribution in [0.4, 0.5) is 0 Å².